The van der Waals surface area contributed by atoms with E-state index in [-0.39, 0.29) is 5.75 Å². The van der Waals surface area contributed by atoms with Gasteiger partial charge in [0.25, 0.3) is 0 Å². The summed E-state index contributed by atoms with van der Waals surface area (Å²) in [6, 6.07) is 6.53. The van der Waals surface area contributed by atoms with E-state index in [2.05, 4.69) is 4.74 Å². The molecule has 0 unspecified atom stereocenters. The van der Waals surface area contributed by atoms with Crippen LogP contribution in [-0.2, 0) is 0 Å². The van der Waals surface area contributed by atoms with Crippen LogP contribution in [0.4, 0.5) is 8.78 Å². The summed E-state index contributed by atoms with van der Waals surface area (Å²) in [6.45, 7) is -2.75. The van der Waals surface area contributed by atoms with Crippen LogP contribution in [0.5, 0.6) is 5.75 Å². The molecule has 0 atom stereocenters. The van der Waals surface area contributed by atoms with E-state index in [0.717, 1.165) is 4.90 Å². The van der Waals surface area contributed by atoms with Gasteiger partial charge in [-0.25, -0.2) is 0 Å². The maximum Gasteiger partial charge on any atom is 0.387 e. The van der Waals surface area contributed by atoms with Crippen molar-refractivity contribution < 1.29 is 13.5 Å². The molecular weight excluding hydrogens is 182 g/mol. The highest BCUT2D eigenvalue weighted by Crippen LogP contribution is 2.19. The highest BCUT2D eigenvalue weighted by Gasteiger charge is 2.02. The van der Waals surface area contributed by atoms with Gasteiger partial charge in [0.15, 0.2) is 0 Å². The van der Waals surface area contributed by atoms with Crippen molar-refractivity contribution in [2.24, 2.45) is 0 Å². The summed E-state index contributed by atoms with van der Waals surface area (Å²) < 4.78 is 27.5. The predicted octanol–water partition coefficient (Wildman–Crippen LogP) is 3.01. The van der Waals surface area contributed by atoms with Crippen molar-refractivity contribution in [2.45, 2.75) is 11.5 Å². The molecule has 0 bridgehead atoms. The average Bonchev–Trinajstić information content (AvgIpc) is 2.05. The summed E-state index contributed by atoms with van der Waals surface area (Å²) in [6.07, 6.45) is 1.92. The van der Waals surface area contributed by atoms with Crippen LogP contribution < -0.4 is 4.74 Å². The van der Waals surface area contributed by atoms with Crippen molar-refractivity contribution in [2.75, 3.05) is 6.26 Å². The molecule has 0 amide bonds. The molecule has 0 aliphatic carbocycles. The summed E-state index contributed by atoms with van der Waals surface area (Å²) in [5, 5.41) is 0. The highest BCUT2D eigenvalue weighted by molar-refractivity contribution is 7.98. The van der Waals surface area contributed by atoms with Gasteiger partial charge in [-0.2, -0.15) is 8.78 Å². The van der Waals surface area contributed by atoms with E-state index in [1.165, 1.54) is 12.1 Å². The number of alkyl halides is 2. The summed E-state index contributed by atoms with van der Waals surface area (Å²) in [7, 11) is 0. The largest absolute Gasteiger partial charge is 0.435 e. The molecule has 1 aromatic rings. The summed E-state index contributed by atoms with van der Waals surface area (Å²) in [5.74, 6) is 0.197. The van der Waals surface area contributed by atoms with Crippen LogP contribution in [0, 0.1) is 0 Å². The number of rotatable bonds is 3. The maximum absolute atomic E-state index is 11.7. The molecule has 0 aliphatic rings. The van der Waals surface area contributed by atoms with Gasteiger partial charge in [0.2, 0.25) is 0 Å². The first-order valence-corrected chi connectivity index (χ1v) is 4.53. The quantitative estimate of drug-likeness (QED) is 0.677. The van der Waals surface area contributed by atoms with Gasteiger partial charge >= 0.3 is 6.61 Å². The van der Waals surface area contributed by atoms with Gasteiger partial charge in [0, 0.05) is 4.90 Å². The summed E-state index contributed by atoms with van der Waals surface area (Å²) in [5.41, 5.74) is 0. The average molecular weight is 190 g/mol. The number of hydrogen-bond donors (Lipinski definition) is 0. The molecule has 12 heavy (non-hydrogen) atoms. The zero-order valence-electron chi connectivity index (χ0n) is 6.46. The van der Waals surface area contributed by atoms with Gasteiger partial charge in [0.1, 0.15) is 5.75 Å². The van der Waals surface area contributed by atoms with E-state index in [1.54, 1.807) is 23.9 Å². The van der Waals surface area contributed by atoms with Crippen molar-refractivity contribution in [3.63, 3.8) is 0 Å². The van der Waals surface area contributed by atoms with E-state index in [0.29, 0.717) is 0 Å². The fourth-order valence-electron chi connectivity index (χ4n) is 0.757. The zero-order valence-corrected chi connectivity index (χ0v) is 7.28. The second-order valence-corrected chi connectivity index (χ2v) is 2.93. The third-order valence-corrected chi connectivity index (χ3v) is 2.03. The Labute approximate surface area is 73.7 Å². The molecular formula is C8H8F2OS. The Balaban J connectivity index is 2.65. The first-order valence-electron chi connectivity index (χ1n) is 3.31. The number of thioether (sulfide) groups is 1. The molecule has 0 aromatic heterocycles. The van der Waals surface area contributed by atoms with Gasteiger partial charge in [-0.3, -0.25) is 0 Å². The van der Waals surface area contributed by atoms with Crippen molar-refractivity contribution in [3.8, 4) is 5.75 Å². The molecule has 1 aromatic carbocycles. The minimum atomic E-state index is -2.75. The lowest BCUT2D eigenvalue weighted by Gasteiger charge is -2.03. The monoisotopic (exact) mass is 190 g/mol. The Kier molecular flexibility index (Phi) is 3.34. The summed E-state index contributed by atoms with van der Waals surface area (Å²) >= 11 is 1.55. The van der Waals surface area contributed by atoms with Crippen LogP contribution >= 0.6 is 11.8 Å². The summed E-state index contributed by atoms with van der Waals surface area (Å²) in [4.78, 5) is 1.02. The number of benzene rings is 1. The highest BCUT2D eigenvalue weighted by atomic mass is 32.2. The number of halogens is 2. The molecule has 0 N–H and O–H groups in total. The molecule has 66 valence electrons. The van der Waals surface area contributed by atoms with Gasteiger partial charge in [-0.15, -0.1) is 11.8 Å². The standard InChI is InChI=1S/C8H8F2OS/c1-12-7-4-2-6(3-5-7)11-8(9)10/h2-5,8H,1H3. The van der Waals surface area contributed by atoms with Gasteiger partial charge in [-0.1, -0.05) is 0 Å². The van der Waals surface area contributed by atoms with Crippen LogP contribution in [0.2, 0.25) is 0 Å². The molecule has 0 saturated carbocycles. The van der Waals surface area contributed by atoms with Gasteiger partial charge < -0.3 is 4.74 Å². The zero-order chi connectivity index (χ0) is 8.97. The van der Waals surface area contributed by atoms with Gasteiger partial charge in [-0.05, 0) is 30.5 Å². The van der Waals surface area contributed by atoms with Crippen molar-refractivity contribution in [1.29, 1.82) is 0 Å². The Hall–Kier alpha value is -0.770. The SMILES string of the molecule is CSc1ccc(OC(F)F)cc1. The molecule has 0 saturated heterocycles. The lowest BCUT2D eigenvalue weighted by Crippen LogP contribution is -2.01. The Morgan fingerprint density at radius 3 is 2.25 bits per heavy atom. The Morgan fingerprint density at radius 2 is 1.83 bits per heavy atom. The third-order valence-electron chi connectivity index (χ3n) is 1.28. The number of ether oxygens (including phenoxy) is 1. The fourth-order valence-corrected chi connectivity index (χ4v) is 1.17. The van der Waals surface area contributed by atoms with E-state index in [1.807, 2.05) is 6.26 Å². The van der Waals surface area contributed by atoms with E-state index >= 15 is 0 Å². The predicted molar refractivity (Wildman–Crippen MR) is 44.9 cm³/mol. The third kappa shape index (κ3) is 2.70. The molecule has 0 radical (unpaired) electrons. The Bertz CT molecular complexity index is 235. The molecule has 0 aliphatic heterocycles. The lowest BCUT2D eigenvalue weighted by atomic mass is 10.3. The second kappa shape index (κ2) is 4.30. The maximum atomic E-state index is 11.7. The van der Waals surface area contributed by atoms with Crippen LogP contribution in [0.15, 0.2) is 29.2 Å². The Morgan fingerprint density at radius 1 is 1.25 bits per heavy atom. The van der Waals surface area contributed by atoms with E-state index < -0.39 is 6.61 Å². The van der Waals surface area contributed by atoms with Crippen LogP contribution in [-0.4, -0.2) is 12.9 Å². The van der Waals surface area contributed by atoms with Crippen LogP contribution in [0.3, 0.4) is 0 Å². The molecule has 1 nitrogen and oxygen atoms in total. The van der Waals surface area contributed by atoms with Gasteiger partial charge in [0.05, 0.1) is 0 Å². The fraction of sp³-hybridized carbons (Fsp3) is 0.250. The van der Waals surface area contributed by atoms with E-state index in [4.69, 9.17) is 0 Å². The van der Waals surface area contributed by atoms with Crippen molar-refractivity contribution in [1.82, 2.24) is 0 Å². The van der Waals surface area contributed by atoms with Crippen molar-refractivity contribution in [3.05, 3.63) is 24.3 Å². The molecule has 0 spiro atoms. The van der Waals surface area contributed by atoms with Crippen LogP contribution in [0.25, 0.3) is 0 Å². The lowest BCUT2D eigenvalue weighted by molar-refractivity contribution is -0.0498. The molecule has 4 heteroatoms. The smallest absolute Gasteiger partial charge is 0.387 e. The number of hydrogen-bond acceptors (Lipinski definition) is 2. The second-order valence-electron chi connectivity index (χ2n) is 2.05. The minimum Gasteiger partial charge on any atom is -0.435 e. The van der Waals surface area contributed by atoms with E-state index in [9.17, 15) is 8.78 Å². The first-order chi connectivity index (χ1) is 5.72. The molecule has 0 heterocycles. The minimum absolute atomic E-state index is 0.197. The van der Waals surface area contributed by atoms with Crippen LogP contribution in [0.1, 0.15) is 0 Å². The van der Waals surface area contributed by atoms with Crippen molar-refractivity contribution >= 4 is 11.8 Å². The molecule has 1 rings (SSSR count). The topological polar surface area (TPSA) is 9.23 Å². The molecule has 0 fully saturated rings. The normalized spacial score (nSPS) is 10.3. The first kappa shape index (κ1) is 9.32.